The number of nitrogens with zero attached hydrogens (tertiary/aromatic N) is 4. The molecule has 1 spiro atoms. The van der Waals surface area contributed by atoms with Crippen molar-refractivity contribution in [2.45, 2.75) is 78.2 Å². The van der Waals surface area contributed by atoms with Crippen molar-refractivity contribution in [3.05, 3.63) is 73.8 Å². The van der Waals surface area contributed by atoms with Crippen LogP contribution in [0.3, 0.4) is 0 Å². The molecule has 276 valence electrons. The van der Waals surface area contributed by atoms with Crippen molar-refractivity contribution in [1.82, 2.24) is 4.90 Å². The van der Waals surface area contributed by atoms with Crippen LogP contribution in [0.1, 0.15) is 54.9 Å². The zero-order valence-corrected chi connectivity index (χ0v) is 31.4. The Morgan fingerprint density at radius 3 is 1.98 bits per heavy atom. The van der Waals surface area contributed by atoms with Gasteiger partial charge in [0.1, 0.15) is 17.4 Å². The van der Waals surface area contributed by atoms with Gasteiger partial charge in [0.2, 0.25) is 11.8 Å². The Bertz CT molecular complexity index is 1590. The van der Waals surface area contributed by atoms with E-state index in [1.807, 2.05) is 83.1 Å². The van der Waals surface area contributed by atoms with Crippen molar-refractivity contribution in [3.8, 4) is 5.75 Å². The third kappa shape index (κ3) is 6.35. The number of carbonyl (C=O) groups is 3. The fraction of sp³-hybridized carbons (Fsp3) is 0.537. The Balaban J connectivity index is 1.62. The van der Waals surface area contributed by atoms with Gasteiger partial charge in [-0.1, -0.05) is 32.9 Å². The highest BCUT2D eigenvalue weighted by Gasteiger charge is 2.80. The molecule has 3 aliphatic heterocycles. The number of aliphatic hydroxyl groups excluding tert-OH is 1. The highest BCUT2D eigenvalue weighted by molar-refractivity contribution is 6.07. The molecule has 2 aromatic carbocycles. The van der Waals surface area contributed by atoms with Gasteiger partial charge in [-0.15, -0.1) is 13.2 Å². The van der Waals surface area contributed by atoms with Crippen LogP contribution in [0, 0.1) is 23.7 Å². The number of amides is 3. The maximum Gasteiger partial charge on any atom is 0.253 e. The summed E-state index contributed by atoms with van der Waals surface area (Å²) in [5.74, 6) is -2.37. The fourth-order valence-electron chi connectivity index (χ4n) is 8.85. The van der Waals surface area contributed by atoms with Gasteiger partial charge in [-0.25, -0.2) is 0 Å². The number of ether oxygens (including phenoxy) is 2. The number of aliphatic hydroxyl groups is 1. The molecule has 5 rings (SSSR count). The van der Waals surface area contributed by atoms with Gasteiger partial charge in [0.25, 0.3) is 5.91 Å². The molecule has 3 fully saturated rings. The highest BCUT2D eigenvalue weighted by Crippen LogP contribution is 2.66. The standard InChI is InChI=1S/C41H56N4O6/c1-10-23-43(31-19-21-32(22-20-31)50-14-5)37(47)34-35-38(48)45(33(26-46)27(6)7)36(41(35)25-28(8)40(34,9)51-41)39(49)44(24-11-2)30-17-15-29(16-18-30)42(12-3)13-4/h10-11,15-22,27-28,33-36,46H,1-2,12-14,23-26H2,3-9H3/t28?,33-,34+,35-,36?,40-,41?/m0/s1. The van der Waals surface area contributed by atoms with Gasteiger partial charge in [-0.2, -0.15) is 0 Å². The number of likely N-dealkylation sites (tertiary alicyclic amines) is 1. The molecule has 3 saturated heterocycles. The van der Waals surface area contributed by atoms with Gasteiger partial charge in [0, 0.05) is 43.2 Å². The number of anilines is 3. The normalized spacial score (nSPS) is 26.9. The molecule has 3 heterocycles. The molecular weight excluding hydrogens is 644 g/mol. The number of carbonyl (C=O) groups excluding carboxylic acids is 3. The van der Waals surface area contributed by atoms with Gasteiger partial charge in [-0.3, -0.25) is 14.4 Å². The molecule has 0 saturated carbocycles. The largest absolute Gasteiger partial charge is 0.494 e. The molecule has 10 nitrogen and oxygen atoms in total. The molecule has 3 unspecified atom stereocenters. The third-order valence-electron chi connectivity index (χ3n) is 11.5. The van der Waals surface area contributed by atoms with Crippen LogP contribution in [-0.4, -0.2) is 90.4 Å². The van der Waals surface area contributed by atoms with E-state index in [-0.39, 0.29) is 49.3 Å². The van der Waals surface area contributed by atoms with Gasteiger partial charge in [-0.05, 0) is 94.5 Å². The number of hydrogen-bond acceptors (Lipinski definition) is 7. The minimum atomic E-state index is -1.29. The summed E-state index contributed by atoms with van der Waals surface area (Å²) in [5.41, 5.74) is 0.0501. The molecule has 0 aliphatic carbocycles. The van der Waals surface area contributed by atoms with Crippen molar-refractivity contribution >= 4 is 34.8 Å². The second-order valence-corrected chi connectivity index (χ2v) is 14.5. The van der Waals surface area contributed by atoms with Crippen LogP contribution < -0.4 is 19.4 Å². The lowest BCUT2D eigenvalue weighted by Crippen LogP contribution is -2.60. The van der Waals surface area contributed by atoms with E-state index in [4.69, 9.17) is 9.47 Å². The van der Waals surface area contributed by atoms with Gasteiger partial charge in [0.15, 0.2) is 0 Å². The summed E-state index contributed by atoms with van der Waals surface area (Å²) in [6.07, 6.45) is 3.75. The van der Waals surface area contributed by atoms with Gasteiger partial charge < -0.3 is 34.2 Å². The van der Waals surface area contributed by atoms with E-state index >= 15 is 9.59 Å². The van der Waals surface area contributed by atoms with E-state index in [1.165, 1.54) is 0 Å². The topological polar surface area (TPSA) is 103 Å². The molecule has 2 bridgehead atoms. The first-order chi connectivity index (χ1) is 24.4. The molecule has 2 aromatic rings. The number of rotatable bonds is 16. The molecule has 3 amide bonds. The fourth-order valence-corrected chi connectivity index (χ4v) is 8.85. The van der Waals surface area contributed by atoms with E-state index in [9.17, 15) is 9.90 Å². The SMILES string of the molecule is C=CCN(C(=O)C1N([C@@H](CO)C(C)C)C(=O)[C@@H]2[C@H](C(=O)N(CC=C)c3ccc(OCC)cc3)[C@@]3(C)OC12CC3C)c1ccc(N(CC)CC)cc1. The molecule has 1 N–H and O–H groups in total. The van der Waals surface area contributed by atoms with Crippen LogP contribution in [0.5, 0.6) is 5.75 Å². The second kappa shape index (κ2) is 15.2. The zero-order chi connectivity index (χ0) is 37.2. The number of fused-ring (bicyclic) bond motifs is 1. The summed E-state index contributed by atoms with van der Waals surface area (Å²) < 4.78 is 12.7. The summed E-state index contributed by atoms with van der Waals surface area (Å²) in [5, 5.41) is 10.8. The Morgan fingerprint density at radius 2 is 1.49 bits per heavy atom. The van der Waals surface area contributed by atoms with Crippen LogP contribution in [0.4, 0.5) is 17.1 Å². The Labute approximate surface area is 303 Å². The van der Waals surface area contributed by atoms with Crippen molar-refractivity contribution in [3.63, 3.8) is 0 Å². The van der Waals surface area contributed by atoms with Crippen molar-refractivity contribution in [2.24, 2.45) is 23.7 Å². The average Bonchev–Trinajstić information content (AvgIpc) is 3.63. The van der Waals surface area contributed by atoms with Gasteiger partial charge in [0.05, 0.1) is 36.7 Å². The molecule has 3 aliphatic rings. The zero-order valence-electron chi connectivity index (χ0n) is 31.4. The average molecular weight is 701 g/mol. The molecule has 0 aromatic heterocycles. The Hall–Kier alpha value is -4.15. The second-order valence-electron chi connectivity index (χ2n) is 14.5. The summed E-state index contributed by atoms with van der Waals surface area (Å²) in [4.78, 5) is 52.3. The van der Waals surface area contributed by atoms with E-state index in [0.717, 1.165) is 18.8 Å². The van der Waals surface area contributed by atoms with Crippen LogP contribution in [0.15, 0.2) is 73.8 Å². The smallest absolute Gasteiger partial charge is 0.253 e. The predicted octanol–water partition coefficient (Wildman–Crippen LogP) is 5.70. The maximum atomic E-state index is 15.2. The maximum absolute atomic E-state index is 15.2. The highest BCUT2D eigenvalue weighted by atomic mass is 16.5. The molecule has 10 heteroatoms. The van der Waals surface area contributed by atoms with Crippen LogP contribution in [-0.2, 0) is 19.1 Å². The van der Waals surface area contributed by atoms with Crippen LogP contribution in [0.25, 0.3) is 0 Å². The molecular formula is C41H56N4O6. The van der Waals surface area contributed by atoms with Crippen molar-refractivity contribution in [2.75, 3.05) is 54.1 Å². The first-order valence-corrected chi connectivity index (χ1v) is 18.4. The van der Waals surface area contributed by atoms with Crippen LogP contribution >= 0.6 is 0 Å². The lowest BCUT2D eigenvalue weighted by atomic mass is 9.62. The van der Waals surface area contributed by atoms with E-state index in [0.29, 0.717) is 30.2 Å². The lowest BCUT2D eigenvalue weighted by molar-refractivity contribution is -0.150. The van der Waals surface area contributed by atoms with E-state index in [2.05, 4.69) is 31.9 Å². The van der Waals surface area contributed by atoms with Crippen molar-refractivity contribution in [1.29, 1.82) is 0 Å². The van der Waals surface area contributed by atoms with Crippen LogP contribution in [0.2, 0.25) is 0 Å². The van der Waals surface area contributed by atoms with Gasteiger partial charge >= 0.3 is 0 Å². The Kier molecular flexibility index (Phi) is 11.4. The molecule has 51 heavy (non-hydrogen) atoms. The third-order valence-corrected chi connectivity index (χ3v) is 11.5. The first kappa shape index (κ1) is 38.1. The van der Waals surface area contributed by atoms with E-state index in [1.54, 1.807) is 26.9 Å². The summed E-state index contributed by atoms with van der Waals surface area (Å²) in [6, 6.07) is 13.4. The lowest BCUT2D eigenvalue weighted by Gasteiger charge is -2.40. The summed E-state index contributed by atoms with van der Waals surface area (Å²) in [7, 11) is 0. The number of hydrogen-bond donors (Lipinski definition) is 1. The first-order valence-electron chi connectivity index (χ1n) is 18.4. The molecule has 7 atom stereocenters. The molecule has 0 radical (unpaired) electrons. The Morgan fingerprint density at radius 1 is 0.961 bits per heavy atom. The monoisotopic (exact) mass is 700 g/mol. The minimum absolute atomic E-state index is 0.149. The van der Waals surface area contributed by atoms with E-state index < -0.39 is 35.1 Å². The van der Waals surface area contributed by atoms with Crippen molar-refractivity contribution < 1.29 is 29.0 Å². The number of benzene rings is 2. The predicted molar refractivity (Wildman–Crippen MR) is 202 cm³/mol. The summed E-state index contributed by atoms with van der Waals surface area (Å²) >= 11 is 0. The minimum Gasteiger partial charge on any atom is -0.494 e. The quantitative estimate of drug-likeness (QED) is 0.224. The summed E-state index contributed by atoms with van der Waals surface area (Å²) in [6.45, 7) is 24.1.